The number of primary amides is 1. The van der Waals surface area contributed by atoms with Gasteiger partial charge in [-0.05, 0) is 26.0 Å². The molecule has 1 aromatic rings. The molecule has 110 valence electrons. The number of hydrogen-bond acceptors (Lipinski definition) is 4. The van der Waals surface area contributed by atoms with Gasteiger partial charge in [-0.3, -0.25) is 9.59 Å². The number of rotatable bonds is 6. The van der Waals surface area contributed by atoms with Gasteiger partial charge < -0.3 is 25.5 Å². The highest BCUT2D eigenvalue weighted by Gasteiger charge is 2.21. The number of carbonyl (C=O) groups excluding carboxylic acids is 2. The van der Waals surface area contributed by atoms with Crippen LogP contribution >= 0.6 is 0 Å². The molecule has 0 aliphatic rings. The molecule has 1 aromatic heterocycles. The lowest BCUT2D eigenvalue weighted by molar-refractivity contribution is -0.137. The highest BCUT2D eigenvalue weighted by molar-refractivity contribution is 5.86. The molecule has 20 heavy (non-hydrogen) atoms. The van der Waals surface area contributed by atoms with Gasteiger partial charge in [0.05, 0.1) is 6.04 Å². The molecule has 0 saturated heterocycles. The highest BCUT2D eigenvalue weighted by atomic mass is 16.4. The van der Waals surface area contributed by atoms with E-state index in [-0.39, 0.29) is 0 Å². The zero-order chi connectivity index (χ0) is 15.3. The van der Waals surface area contributed by atoms with Crippen LogP contribution in [0.15, 0.2) is 16.5 Å². The van der Waals surface area contributed by atoms with Crippen molar-refractivity contribution in [3.05, 3.63) is 23.7 Å². The number of amides is 3. The van der Waals surface area contributed by atoms with Crippen LogP contribution < -0.4 is 11.1 Å². The van der Waals surface area contributed by atoms with Crippen LogP contribution in [0.4, 0.5) is 4.79 Å². The minimum atomic E-state index is -1.23. The summed E-state index contributed by atoms with van der Waals surface area (Å²) in [7, 11) is 0. The van der Waals surface area contributed by atoms with Crippen molar-refractivity contribution < 1.29 is 23.9 Å². The molecule has 1 atom stereocenters. The lowest BCUT2D eigenvalue weighted by atomic mass is 10.2. The van der Waals surface area contributed by atoms with E-state index in [1.54, 1.807) is 26.0 Å². The van der Waals surface area contributed by atoms with Gasteiger partial charge in [-0.25, -0.2) is 4.79 Å². The van der Waals surface area contributed by atoms with Gasteiger partial charge in [-0.2, -0.15) is 0 Å². The quantitative estimate of drug-likeness (QED) is 0.689. The third-order valence-corrected chi connectivity index (χ3v) is 2.49. The molecule has 0 radical (unpaired) electrons. The molecular weight excluding hydrogens is 266 g/mol. The van der Waals surface area contributed by atoms with Gasteiger partial charge >= 0.3 is 12.0 Å². The molecule has 0 spiro atoms. The van der Waals surface area contributed by atoms with Gasteiger partial charge in [0, 0.05) is 0 Å². The molecule has 0 aliphatic heterocycles. The van der Waals surface area contributed by atoms with E-state index in [4.69, 9.17) is 15.3 Å². The molecule has 3 amide bonds. The number of aryl methyl sites for hydroxylation is 1. The Morgan fingerprint density at radius 3 is 2.50 bits per heavy atom. The fourth-order valence-corrected chi connectivity index (χ4v) is 1.58. The Kier molecular flexibility index (Phi) is 5.13. The van der Waals surface area contributed by atoms with Gasteiger partial charge in [-0.1, -0.05) is 0 Å². The molecule has 0 bridgehead atoms. The van der Waals surface area contributed by atoms with E-state index < -0.39 is 37.0 Å². The molecule has 8 heteroatoms. The Morgan fingerprint density at radius 2 is 2.05 bits per heavy atom. The predicted molar refractivity (Wildman–Crippen MR) is 68.8 cm³/mol. The van der Waals surface area contributed by atoms with E-state index >= 15 is 0 Å². The summed E-state index contributed by atoms with van der Waals surface area (Å²) < 4.78 is 5.35. The van der Waals surface area contributed by atoms with E-state index in [1.807, 2.05) is 0 Å². The van der Waals surface area contributed by atoms with E-state index in [0.29, 0.717) is 11.5 Å². The number of nitrogens with two attached hydrogens (primary N) is 1. The third-order valence-electron chi connectivity index (χ3n) is 2.49. The topological polar surface area (TPSA) is 126 Å². The highest BCUT2D eigenvalue weighted by Crippen LogP contribution is 2.15. The predicted octanol–water partition coefficient (Wildman–Crippen LogP) is 0.231. The second kappa shape index (κ2) is 6.60. The summed E-state index contributed by atoms with van der Waals surface area (Å²) in [6.07, 6.45) is 0. The fourth-order valence-electron chi connectivity index (χ4n) is 1.58. The number of urea groups is 1. The minimum Gasteiger partial charge on any atom is -0.480 e. The number of carboxylic acid groups (broad SMARTS) is 1. The first-order valence-corrected chi connectivity index (χ1v) is 5.91. The summed E-state index contributed by atoms with van der Waals surface area (Å²) in [4.78, 5) is 34.2. The Hall–Kier alpha value is -2.51. The van der Waals surface area contributed by atoms with E-state index in [2.05, 4.69) is 5.32 Å². The summed E-state index contributed by atoms with van der Waals surface area (Å²) in [6, 6.07) is 2.29. The average Bonchev–Trinajstić information content (AvgIpc) is 2.73. The first kappa shape index (κ1) is 15.5. The molecular formula is C12H17N3O5. The minimum absolute atomic E-state index is 0.458. The molecule has 0 aromatic carbocycles. The summed E-state index contributed by atoms with van der Waals surface area (Å²) in [5.74, 6) is -0.795. The maximum Gasteiger partial charge on any atom is 0.323 e. The maximum absolute atomic E-state index is 11.9. The third kappa shape index (κ3) is 4.63. The van der Waals surface area contributed by atoms with Crippen molar-refractivity contribution in [1.82, 2.24) is 10.2 Å². The van der Waals surface area contributed by atoms with E-state index in [0.717, 1.165) is 4.90 Å². The van der Waals surface area contributed by atoms with Crippen molar-refractivity contribution in [2.75, 3.05) is 13.1 Å². The van der Waals surface area contributed by atoms with Crippen molar-refractivity contribution in [2.45, 2.75) is 19.9 Å². The first-order chi connectivity index (χ1) is 9.29. The molecule has 1 rings (SSSR count). The molecule has 0 aliphatic carbocycles. The summed E-state index contributed by atoms with van der Waals surface area (Å²) in [5, 5.41) is 11.3. The molecule has 8 nitrogen and oxygen atoms in total. The van der Waals surface area contributed by atoms with Crippen LogP contribution in [-0.2, 0) is 9.59 Å². The fraction of sp³-hybridized carbons (Fsp3) is 0.417. The number of carboxylic acids is 1. The largest absolute Gasteiger partial charge is 0.480 e. The lowest BCUT2D eigenvalue weighted by Crippen LogP contribution is -2.47. The van der Waals surface area contributed by atoms with Gasteiger partial charge in [0.2, 0.25) is 5.91 Å². The zero-order valence-corrected chi connectivity index (χ0v) is 11.3. The lowest BCUT2D eigenvalue weighted by Gasteiger charge is -2.21. The molecule has 1 heterocycles. The average molecular weight is 283 g/mol. The Balaban J connectivity index is 2.69. The van der Waals surface area contributed by atoms with Crippen molar-refractivity contribution in [3.63, 3.8) is 0 Å². The number of nitrogens with zero attached hydrogens (tertiary/aromatic N) is 1. The standard InChI is InChI=1S/C12H17N3O5/c1-7-3-4-9(20-7)8(2)14-12(19)15(5-10(13)16)6-11(17)18/h3-4,8H,5-6H2,1-2H3,(H2,13,16)(H,14,19)(H,17,18). The number of nitrogens with one attached hydrogen (secondary N) is 1. The second-order valence-electron chi connectivity index (χ2n) is 4.34. The molecule has 0 saturated carbocycles. The maximum atomic E-state index is 11.9. The summed E-state index contributed by atoms with van der Waals surface area (Å²) >= 11 is 0. The van der Waals surface area contributed by atoms with Crippen molar-refractivity contribution in [2.24, 2.45) is 5.73 Å². The van der Waals surface area contributed by atoms with E-state index in [9.17, 15) is 14.4 Å². The monoisotopic (exact) mass is 283 g/mol. The van der Waals surface area contributed by atoms with Crippen LogP contribution in [0, 0.1) is 6.92 Å². The van der Waals surface area contributed by atoms with Crippen molar-refractivity contribution in [1.29, 1.82) is 0 Å². The molecule has 1 unspecified atom stereocenters. The Morgan fingerprint density at radius 1 is 1.40 bits per heavy atom. The normalized spacial score (nSPS) is 11.7. The molecule has 0 fully saturated rings. The van der Waals surface area contributed by atoms with Crippen molar-refractivity contribution >= 4 is 17.9 Å². The van der Waals surface area contributed by atoms with Gasteiger partial charge in [0.1, 0.15) is 24.6 Å². The van der Waals surface area contributed by atoms with E-state index in [1.165, 1.54) is 0 Å². The van der Waals surface area contributed by atoms with Crippen LogP contribution in [-0.4, -0.2) is 41.0 Å². The van der Waals surface area contributed by atoms with Crippen LogP contribution in [0.5, 0.6) is 0 Å². The smallest absolute Gasteiger partial charge is 0.323 e. The number of hydrogen-bond donors (Lipinski definition) is 3. The number of carbonyl (C=O) groups is 3. The van der Waals surface area contributed by atoms with Crippen LogP contribution in [0.2, 0.25) is 0 Å². The van der Waals surface area contributed by atoms with Crippen LogP contribution in [0.3, 0.4) is 0 Å². The van der Waals surface area contributed by atoms with Crippen LogP contribution in [0.1, 0.15) is 24.5 Å². The SMILES string of the molecule is Cc1ccc(C(C)NC(=O)N(CC(N)=O)CC(=O)O)o1. The Bertz CT molecular complexity index is 495. The van der Waals surface area contributed by atoms with Gasteiger partial charge in [0.25, 0.3) is 0 Å². The van der Waals surface area contributed by atoms with Gasteiger partial charge in [0.15, 0.2) is 0 Å². The zero-order valence-electron chi connectivity index (χ0n) is 11.3. The summed E-state index contributed by atoms with van der Waals surface area (Å²) in [6.45, 7) is 2.36. The van der Waals surface area contributed by atoms with Gasteiger partial charge in [-0.15, -0.1) is 0 Å². The van der Waals surface area contributed by atoms with Crippen LogP contribution in [0.25, 0.3) is 0 Å². The summed E-state index contributed by atoms with van der Waals surface area (Å²) in [5.41, 5.74) is 4.98. The first-order valence-electron chi connectivity index (χ1n) is 5.91. The number of furan rings is 1. The Labute approximate surface area is 115 Å². The number of aliphatic carboxylic acids is 1. The van der Waals surface area contributed by atoms with Crippen molar-refractivity contribution in [3.8, 4) is 0 Å². The second-order valence-corrected chi connectivity index (χ2v) is 4.34. The molecule has 4 N–H and O–H groups in total.